The number of rotatable bonds is 6. The zero-order chi connectivity index (χ0) is 24.4. The Balaban J connectivity index is 1.54. The molecule has 0 unspecified atom stereocenters. The van der Waals surface area contributed by atoms with Gasteiger partial charge in [-0.15, -0.1) is 0 Å². The fourth-order valence-corrected chi connectivity index (χ4v) is 4.36. The summed E-state index contributed by atoms with van der Waals surface area (Å²) in [6.45, 7) is 4.99. The predicted molar refractivity (Wildman–Crippen MR) is 129 cm³/mol. The lowest BCUT2D eigenvalue weighted by Gasteiger charge is -2.36. The number of nitrogens with zero attached hydrogens (tertiary/aromatic N) is 4. The van der Waals surface area contributed by atoms with Crippen molar-refractivity contribution in [3.05, 3.63) is 74.8 Å². The van der Waals surface area contributed by atoms with Crippen LogP contribution in [-0.2, 0) is 6.54 Å². The van der Waals surface area contributed by atoms with Crippen LogP contribution in [-0.4, -0.2) is 64.2 Å². The van der Waals surface area contributed by atoms with Crippen LogP contribution in [0.4, 0.5) is 10.1 Å². The van der Waals surface area contributed by atoms with E-state index < -0.39 is 17.2 Å². The first-order valence-corrected chi connectivity index (χ1v) is 11.2. The molecule has 0 amide bonds. The Bertz CT molecular complexity index is 1320. The molecule has 178 valence electrons. The van der Waals surface area contributed by atoms with Gasteiger partial charge in [0.15, 0.2) is 0 Å². The van der Waals surface area contributed by atoms with E-state index >= 15 is 4.39 Å². The van der Waals surface area contributed by atoms with E-state index in [0.29, 0.717) is 61.2 Å². The fourth-order valence-electron chi connectivity index (χ4n) is 4.24. The molecule has 1 aromatic heterocycles. The van der Waals surface area contributed by atoms with E-state index in [4.69, 9.17) is 11.6 Å². The summed E-state index contributed by atoms with van der Waals surface area (Å²) >= 11 is 5.93. The molecule has 0 aliphatic carbocycles. The number of fused-ring (bicyclic) bond motifs is 1. The van der Waals surface area contributed by atoms with Crippen LogP contribution in [0.3, 0.4) is 0 Å². The maximum Gasteiger partial charge on any atom is 0.341 e. The number of carbonyl (C=O) groups is 1. The van der Waals surface area contributed by atoms with Crippen LogP contribution < -0.4 is 10.3 Å². The van der Waals surface area contributed by atoms with E-state index in [2.05, 4.69) is 10.1 Å². The maximum atomic E-state index is 15.1. The van der Waals surface area contributed by atoms with Crippen LogP contribution in [0.5, 0.6) is 0 Å². The fraction of sp³-hybridized carbons (Fsp3) is 0.292. The molecule has 10 heteroatoms. The Hall–Kier alpha value is -3.43. The molecule has 0 bridgehead atoms. The van der Waals surface area contributed by atoms with Gasteiger partial charge >= 0.3 is 5.97 Å². The molecule has 0 atom stereocenters. The number of carboxylic acid groups (broad SMARTS) is 1. The summed E-state index contributed by atoms with van der Waals surface area (Å²) in [7, 11) is 0. The molecule has 3 aromatic rings. The van der Waals surface area contributed by atoms with Crippen LogP contribution in [0.2, 0.25) is 5.02 Å². The lowest BCUT2D eigenvalue weighted by molar-refractivity contribution is 0.0695. The van der Waals surface area contributed by atoms with Gasteiger partial charge in [0.25, 0.3) is 0 Å². The number of piperazine rings is 1. The summed E-state index contributed by atoms with van der Waals surface area (Å²) in [5.74, 6) is -1.90. The average Bonchev–Trinajstić information content (AvgIpc) is 2.83. The molecule has 0 radical (unpaired) electrons. The topological polar surface area (TPSA) is 98.4 Å². The molecule has 2 aromatic carbocycles. The zero-order valence-corrected chi connectivity index (χ0v) is 19.3. The summed E-state index contributed by atoms with van der Waals surface area (Å²) in [5.41, 5.74) is 1.08. The van der Waals surface area contributed by atoms with Gasteiger partial charge < -0.3 is 19.8 Å². The number of aryl methyl sites for hydroxylation is 1. The third kappa shape index (κ3) is 4.62. The van der Waals surface area contributed by atoms with Gasteiger partial charge in [-0.25, -0.2) is 9.18 Å². The minimum Gasteiger partial charge on any atom is -0.477 e. The van der Waals surface area contributed by atoms with Gasteiger partial charge in [-0.2, -0.15) is 0 Å². The second-order valence-corrected chi connectivity index (χ2v) is 8.54. The number of aromatic carboxylic acids is 1. The van der Waals surface area contributed by atoms with Crippen molar-refractivity contribution in [1.82, 2.24) is 9.47 Å². The maximum absolute atomic E-state index is 15.1. The van der Waals surface area contributed by atoms with E-state index in [9.17, 15) is 19.9 Å². The van der Waals surface area contributed by atoms with E-state index in [1.54, 1.807) is 34.9 Å². The first kappa shape index (κ1) is 23.7. The molecule has 4 rings (SSSR count). The van der Waals surface area contributed by atoms with Crippen LogP contribution in [0.1, 0.15) is 22.8 Å². The third-order valence-electron chi connectivity index (χ3n) is 6.10. The highest BCUT2D eigenvalue weighted by atomic mass is 35.5. The molecule has 1 saturated heterocycles. The first-order chi connectivity index (χ1) is 16.3. The second-order valence-electron chi connectivity index (χ2n) is 8.10. The third-order valence-corrected chi connectivity index (χ3v) is 6.36. The summed E-state index contributed by atoms with van der Waals surface area (Å²) in [6.07, 6.45) is 1.30. The Morgan fingerprint density at radius 1 is 1.15 bits per heavy atom. The minimum atomic E-state index is -1.33. The minimum absolute atomic E-state index is 0.0494. The molecular formula is C24H24ClFN4O4. The molecule has 2 heterocycles. The highest BCUT2D eigenvalue weighted by Crippen LogP contribution is 2.26. The lowest BCUT2D eigenvalue weighted by Crippen LogP contribution is -2.48. The average molecular weight is 487 g/mol. The van der Waals surface area contributed by atoms with Crippen molar-refractivity contribution in [3.8, 4) is 0 Å². The quantitative estimate of drug-likeness (QED) is 0.314. The number of hydrogen-bond donors (Lipinski definition) is 2. The van der Waals surface area contributed by atoms with Gasteiger partial charge in [0.05, 0.1) is 11.2 Å². The summed E-state index contributed by atoms with van der Waals surface area (Å²) in [5, 5.41) is 22.9. The van der Waals surface area contributed by atoms with Crippen molar-refractivity contribution in [2.24, 2.45) is 5.16 Å². The van der Waals surface area contributed by atoms with Gasteiger partial charge in [0, 0.05) is 61.4 Å². The van der Waals surface area contributed by atoms with Crippen LogP contribution in [0.25, 0.3) is 10.9 Å². The number of aromatic nitrogens is 1. The van der Waals surface area contributed by atoms with Crippen molar-refractivity contribution in [3.63, 3.8) is 0 Å². The molecule has 34 heavy (non-hydrogen) atoms. The first-order valence-electron chi connectivity index (χ1n) is 10.9. The Morgan fingerprint density at radius 2 is 1.82 bits per heavy atom. The Labute approximate surface area is 200 Å². The van der Waals surface area contributed by atoms with Crippen molar-refractivity contribution < 1.29 is 19.5 Å². The number of pyridine rings is 1. The Morgan fingerprint density at radius 3 is 2.41 bits per heavy atom. The molecule has 1 aliphatic heterocycles. The normalized spacial score (nSPS) is 15.1. The van der Waals surface area contributed by atoms with Crippen molar-refractivity contribution in [2.75, 3.05) is 37.6 Å². The van der Waals surface area contributed by atoms with Crippen LogP contribution >= 0.6 is 11.6 Å². The van der Waals surface area contributed by atoms with Crippen molar-refractivity contribution in [2.45, 2.75) is 13.5 Å². The molecule has 8 nitrogen and oxygen atoms in total. The molecular weight excluding hydrogens is 463 g/mol. The lowest BCUT2D eigenvalue weighted by atomic mass is 10.1. The van der Waals surface area contributed by atoms with Crippen LogP contribution in [0, 0.1) is 5.82 Å². The van der Waals surface area contributed by atoms with Crippen molar-refractivity contribution >= 4 is 39.9 Å². The highest BCUT2D eigenvalue weighted by Gasteiger charge is 2.23. The number of hydrogen-bond acceptors (Lipinski definition) is 6. The number of oxime groups is 1. The van der Waals surface area contributed by atoms with E-state index in [-0.39, 0.29) is 10.9 Å². The van der Waals surface area contributed by atoms with Gasteiger partial charge in [-0.05, 0) is 31.2 Å². The highest BCUT2D eigenvalue weighted by molar-refractivity contribution is 6.30. The van der Waals surface area contributed by atoms with Gasteiger partial charge in [-0.3, -0.25) is 9.69 Å². The largest absolute Gasteiger partial charge is 0.477 e. The number of benzene rings is 2. The van der Waals surface area contributed by atoms with Gasteiger partial charge in [0.2, 0.25) is 5.43 Å². The SMILES string of the molecule is CCn1cc(C(=O)O)c(=O)c2cc(F)c(N3CCN(C/C(=N\O)c4ccc(Cl)cc4)CC3)cc21. The number of anilines is 1. The smallest absolute Gasteiger partial charge is 0.341 e. The monoisotopic (exact) mass is 486 g/mol. The zero-order valence-electron chi connectivity index (χ0n) is 18.5. The molecule has 0 saturated carbocycles. The number of halogens is 2. The molecule has 1 fully saturated rings. The summed E-state index contributed by atoms with van der Waals surface area (Å²) in [6, 6.07) is 9.80. The van der Waals surface area contributed by atoms with Gasteiger partial charge in [-0.1, -0.05) is 28.9 Å². The predicted octanol–water partition coefficient (Wildman–Crippen LogP) is 3.51. The van der Waals surface area contributed by atoms with E-state index in [1.807, 2.05) is 11.8 Å². The standard InChI is InChI=1S/C24H24ClFN4O4/c1-2-29-13-18(24(32)33)23(31)17-11-19(26)22(12-21(17)29)30-9-7-28(8-10-30)14-20(27-34)15-3-5-16(25)6-4-15/h3-6,11-13,34H,2,7-10,14H2,1H3,(H,32,33)/b27-20+. The van der Waals surface area contributed by atoms with E-state index in [1.165, 1.54) is 6.20 Å². The summed E-state index contributed by atoms with van der Waals surface area (Å²) in [4.78, 5) is 28.0. The molecule has 1 aliphatic rings. The molecule has 2 N–H and O–H groups in total. The van der Waals surface area contributed by atoms with E-state index in [0.717, 1.165) is 11.6 Å². The second kappa shape index (κ2) is 9.82. The number of carboxylic acids is 1. The van der Waals surface area contributed by atoms with Crippen LogP contribution in [0.15, 0.2) is 52.5 Å². The molecule has 0 spiro atoms. The van der Waals surface area contributed by atoms with Gasteiger partial charge in [0.1, 0.15) is 17.1 Å². The summed E-state index contributed by atoms with van der Waals surface area (Å²) < 4.78 is 16.7. The Kier molecular flexibility index (Phi) is 6.85. The van der Waals surface area contributed by atoms with Crippen molar-refractivity contribution in [1.29, 1.82) is 0 Å².